The van der Waals surface area contributed by atoms with E-state index in [4.69, 9.17) is 9.31 Å². The summed E-state index contributed by atoms with van der Waals surface area (Å²) in [6.45, 7) is 9.88. The maximum Gasteiger partial charge on any atom is 0.496 e. The van der Waals surface area contributed by atoms with Crippen LogP contribution in [-0.2, 0) is 20.5 Å². The molecule has 1 aromatic heterocycles. The molecule has 1 amide bonds. The van der Waals surface area contributed by atoms with E-state index in [1.807, 2.05) is 44.7 Å². The Morgan fingerprint density at radius 1 is 1.17 bits per heavy atom. The van der Waals surface area contributed by atoms with Crippen LogP contribution < -0.4 is 5.46 Å². The van der Waals surface area contributed by atoms with Crippen molar-refractivity contribution >= 4 is 18.5 Å². The molecule has 5 nitrogen and oxygen atoms in total. The van der Waals surface area contributed by atoms with E-state index in [0.29, 0.717) is 6.42 Å². The zero-order valence-electron chi connectivity index (χ0n) is 14.5. The van der Waals surface area contributed by atoms with Crippen LogP contribution in [0.4, 0.5) is 0 Å². The Balaban J connectivity index is 1.65. The molecule has 0 N–H and O–H groups in total. The Kier molecular flexibility index (Phi) is 4.23. The van der Waals surface area contributed by atoms with Crippen LogP contribution in [0.2, 0.25) is 0 Å². The summed E-state index contributed by atoms with van der Waals surface area (Å²) in [7, 11) is -0.407. The SMILES string of the molecule is CC1(C)OB(c2ccc(CC(=O)N3CCCC3)nc2)OC1(C)C. The van der Waals surface area contributed by atoms with Crippen molar-refractivity contribution in [3.63, 3.8) is 0 Å². The molecule has 0 unspecified atom stereocenters. The van der Waals surface area contributed by atoms with Gasteiger partial charge in [-0.3, -0.25) is 9.78 Å². The summed E-state index contributed by atoms with van der Waals surface area (Å²) in [5.41, 5.74) is 0.965. The van der Waals surface area contributed by atoms with Gasteiger partial charge in [-0.2, -0.15) is 0 Å². The summed E-state index contributed by atoms with van der Waals surface area (Å²) >= 11 is 0. The highest BCUT2D eigenvalue weighted by molar-refractivity contribution is 6.62. The van der Waals surface area contributed by atoms with Crippen molar-refractivity contribution in [3.05, 3.63) is 24.0 Å². The highest BCUT2D eigenvalue weighted by Crippen LogP contribution is 2.36. The lowest BCUT2D eigenvalue weighted by molar-refractivity contribution is -0.129. The summed E-state index contributed by atoms with van der Waals surface area (Å²) in [6.07, 6.45) is 4.35. The number of nitrogens with zero attached hydrogens (tertiary/aromatic N) is 2. The van der Waals surface area contributed by atoms with Crippen molar-refractivity contribution < 1.29 is 14.1 Å². The Bertz CT molecular complexity index is 564. The molecule has 3 rings (SSSR count). The van der Waals surface area contributed by atoms with Crippen LogP contribution in [0.3, 0.4) is 0 Å². The highest BCUT2D eigenvalue weighted by atomic mass is 16.7. The van der Waals surface area contributed by atoms with Crippen molar-refractivity contribution in [1.29, 1.82) is 0 Å². The highest BCUT2D eigenvalue weighted by Gasteiger charge is 2.51. The first-order valence-corrected chi connectivity index (χ1v) is 8.37. The van der Waals surface area contributed by atoms with Crippen molar-refractivity contribution in [1.82, 2.24) is 9.88 Å². The lowest BCUT2D eigenvalue weighted by Crippen LogP contribution is -2.41. The third-order valence-electron chi connectivity index (χ3n) is 5.16. The Labute approximate surface area is 138 Å². The third kappa shape index (κ3) is 3.28. The molecule has 0 bridgehead atoms. The van der Waals surface area contributed by atoms with Gasteiger partial charge in [0.05, 0.1) is 17.6 Å². The lowest BCUT2D eigenvalue weighted by Gasteiger charge is -2.32. The van der Waals surface area contributed by atoms with Gasteiger partial charge in [-0.25, -0.2) is 0 Å². The molecule has 3 heterocycles. The summed E-state index contributed by atoms with van der Waals surface area (Å²) < 4.78 is 12.0. The minimum absolute atomic E-state index is 0.165. The summed E-state index contributed by atoms with van der Waals surface area (Å²) in [4.78, 5) is 18.5. The van der Waals surface area contributed by atoms with E-state index in [1.165, 1.54) is 0 Å². The molecule has 0 spiro atoms. The fourth-order valence-corrected chi connectivity index (χ4v) is 2.89. The standard InChI is InChI=1S/C17H25BN2O3/c1-16(2)17(3,4)23-18(22-16)13-7-8-14(19-12-13)11-15(21)20-9-5-6-10-20/h7-8,12H,5-6,9-11H2,1-4H3. The van der Waals surface area contributed by atoms with E-state index < -0.39 is 7.12 Å². The number of rotatable bonds is 3. The number of hydrogen-bond donors (Lipinski definition) is 0. The number of carbonyl (C=O) groups excluding carboxylic acids is 1. The predicted octanol–water partition coefficient (Wildman–Crippen LogP) is 1.55. The molecule has 124 valence electrons. The summed E-state index contributed by atoms with van der Waals surface area (Å²) in [5.74, 6) is 0.165. The van der Waals surface area contributed by atoms with Crippen molar-refractivity contribution in [2.45, 2.75) is 58.2 Å². The van der Waals surface area contributed by atoms with Gasteiger partial charge in [0.15, 0.2) is 0 Å². The first-order chi connectivity index (χ1) is 10.8. The molecule has 1 aromatic rings. The molecule has 0 aromatic carbocycles. The van der Waals surface area contributed by atoms with E-state index in [-0.39, 0.29) is 17.1 Å². The van der Waals surface area contributed by atoms with Gasteiger partial charge < -0.3 is 14.2 Å². The molecule has 2 aliphatic heterocycles. The summed E-state index contributed by atoms with van der Waals surface area (Å²) in [6, 6.07) is 3.84. The third-order valence-corrected chi connectivity index (χ3v) is 5.16. The Morgan fingerprint density at radius 3 is 2.30 bits per heavy atom. The zero-order chi connectivity index (χ0) is 16.7. The van der Waals surface area contributed by atoms with E-state index >= 15 is 0 Å². The zero-order valence-corrected chi connectivity index (χ0v) is 14.5. The van der Waals surface area contributed by atoms with Crippen molar-refractivity contribution in [3.8, 4) is 0 Å². The first kappa shape index (κ1) is 16.5. The van der Waals surface area contributed by atoms with Crippen LogP contribution in [0.1, 0.15) is 46.2 Å². The van der Waals surface area contributed by atoms with Gasteiger partial charge in [-0.1, -0.05) is 6.07 Å². The monoisotopic (exact) mass is 316 g/mol. The molecule has 0 radical (unpaired) electrons. The molecule has 2 fully saturated rings. The predicted molar refractivity (Wildman–Crippen MR) is 89.5 cm³/mol. The van der Waals surface area contributed by atoms with E-state index in [2.05, 4.69) is 4.98 Å². The Hall–Kier alpha value is -1.40. The number of amides is 1. The van der Waals surface area contributed by atoms with Gasteiger partial charge in [-0.15, -0.1) is 0 Å². The van der Waals surface area contributed by atoms with Crippen LogP contribution >= 0.6 is 0 Å². The first-order valence-electron chi connectivity index (χ1n) is 8.37. The van der Waals surface area contributed by atoms with Crippen LogP contribution in [0.15, 0.2) is 18.3 Å². The van der Waals surface area contributed by atoms with Crippen LogP contribution in [-0.4, -0.2) is 47.2 Å². The van der Waals surface area contributed by atoms with Crippen LogP contribution in [0.25, 0.3) is 0 Å². The lowest BCUT2D eigenvalue weighted by atomic mass is 9.80. The second-order valence-corrected chi connectivity index (χ2v) is 7.44. The van der Waals surface area contributed by atoms with Crippen molar-refractivity contribution in [2.24, 2.45) is 0 Å². The minimum atomic E-state index is -0.407. The second kappa shape index (κ2) is 5.91. The fraction of sp³-hybridized carbons (Fsp3) is 0.647. The fourth-order valence-electron chi connectivity index (χ4n) is 2.89. The molecular weight excluding hydrogens is 291 g/mol. The van der Waals surface area contributed by atoms with Crippen LogP contribution in [0, 0.1) is 0 Å². The molecular formula is C17H25BN2O3. The molecule has 0 aliphatic carbocycles. The molecule has 6 heteroatoms. The van der Waals surface area contributed by atoms with Gasteiger partial charge >= 0.3 is 7.12 Å². The van der Waals surface area contributed by atoms with E-state index in [1.54, 1.807) is 6.20 Å². The minimum Gasteiger partial charge on any atom is -0.399 e. The van der Waals surface area contributed by atoms with Crippen LogP contribution in [0.5, 0.6) is 0 Å². The Morgan fingerprint density at radius 2 is 1.78 bits per heavy atom. The van der Waals surface area contributed by atoms with Gasteiger partial charge in [-0.05, 0) is 46.6 Å². The van der Waals surface area contributed by atoms with Gasteiger partial charge in [0.1, 0.15) is 0 Å². The molecule has 2 aliphatic rings. The maximum absolute atomic E-state index is 12.2. The number of likely N-dealkylation sites (tertiary alicyclic amines) is 1. The number of pyridine rings is 1. The topological polar surface area (TPSA) is 51.7 Å². The van der Waals surface area contributed by atoms with Crippen molar-refractivity contribution in [2.75, 3.05) is 13.1 Å². The molecule has 23 heavy (non-hydrogen) atoms. The van der Waals surface area contributed by atoms with Gasteiger partial charge in [0.2, 0.25) is 5.91 Å². The maximum atomic E-state index is 12.2. The molecule has 0 atom stereocenters. The largest absolute Gasteiger partial charge is 0.496 e. The number of carbonyl (C=O) groups is 1. The van der Waals surface area contributed by atoms with Gasteiger partial charge in [0, 0.05) is 30.4 Å². The van der Waals surface area contributed by atoms with E-state index in [9.17, 15) is 4.79 Å². The average Bonchev–Trinajstić information content (AvgIpc) is 3.07. The molecule has 0 saturated carbocycles. The van der Waals surface area contributed by atoms with Gasteiger partial charge in [0.25, 0.3) is 0 Å². The normalized spacial score (nSPS) is 22.6. The molecule has 2 saturated heterocycles. The smallest absolute Gasteiger partial charge is 0.399 e. The number of hydrogen-bond acceptors (Lipinski definition) is 4. The number of aromatic nitrogens is 1. The summed E-state index contributed by atoms with van der Waals surface area (Å²) in [5, 5.41) is 0. The average molecular weight is 316 g/mol. The van der Waals surface area contributed by atoms with E-state index in [0.717, 1.165) is 37.1 Å². The quantitative estimate of drug-likeness (QED) is 0.794. The second-order valence-electron chi connectivity index (χ2n) is 7.44.